The van der Waals surface area contributed by atoms with Gasteiger partial charge in [-0.3, -0.25) is 9.69 Å². The highest BCUT2D eigenvalue weighted by molar-refractivity contribution is 7.80. The van der Waals surface area contributed by atoms with Crippen molar-refractivity contribution in [3.63, 3.8) is 0 Å². The van der Waals surface area contributed by atoms with Crippen molar-refractivity contribution in [3.05, 3.63) is 45.2 Å². The van der Waals surface area contributed by atoms with E-state index in [0.717, 1.165) is 92.3 Å². The number of fused-ring (bicyclic) bond motifs is 1. The second-order valence-corrected chi connectivity index (χ2v) is 8.80. The van der Waals surface area contributed by atoms with Crippen LogP contribution in [0.3, 0.4) is 0 Å². The number of benzene rings is 1. The normalized spacial score (nSPS) is 14.7. The molecule has 0 unspecified atom stereocenters. The molecule has 1 fully saturated rings. The zero-order chi connectivity index (χ0) is 22.2. The van der Waals surface area contributed by atoms with Crippen LogP contribution in [0.4, 0.5) is 0 Å². The molecule has 0 radical (unpaired) electrons. The van der Waals surface area contributed by atoms with Crippen LogP contribution in [0.5, 0.6) is 0 Å². The zero-order valence-corrected chi connectivity index (χ0v) is 19.9. The van der Waals surface area contributed by atoms with E-state index < -0.39 is 0 Å². The Morgan fingerprint density at radius 2 is 2.03 bits per heavy atom. The summed E-state index contributed by atoms with van der Waals surface area (Å²) in [6.07, 6.45) is 3.20. The molecule has 0 aliphatic carbocycles. The second-order valence-electron chi connectivity index (χ2n) is 8.41. The molecule has 7 heteroatoms. The fraction of sp³-hybridized carbons (Fsp3) is 0.583. The van der Waals surface area contributed by atoms with Crippen LogP contribution in [0.25, 0.3) is 10.9 Å². The molecule has 1 saturated heterocycles. The number of pyridine rings is 1. The molecule has 0 amide bonds. The van der Waals surface area contributed by atoms with E-state index in [4.69, 9.17) is 17.0 Å². The molecule has 1 aromatic carbocycles. The minimum absolute atomic E-state index is 0.0317. The molecule has 0 bridgehead atoms. The topological polar surface area (TPSA) is 60.6 Å². The summed E-state index contributed by atoms with van der Waals surface area (Å²) in [5.41, 5.74) is 3.95. The standard InChI is InChI=1S/C24H36N4O2S/c1-4-5-9-25-24(31)28(11-6-10-27-12-14-30-15-13-27)17-21-16-20-8-7-18(2)19(3)22(20)26-23(21)29/h7-8,16H,4-6,9-15,17H2,1-3H3,(H,25,31)(H,26,29). The lowest BCUT2D eigenvalue weighted by molar-refractivity contribution is 0.0367. The number of unbranched alkanes of at least 4 members (excludes halogenated alkanes) is 1. The SMILES string of the molecule is CCCCNC(=S)N(CCCN1CCOCC1)Cc1cc2ccc(C)c(C)c2[nH]c1=O. The van der Waals surface area contributed by atoms with Gasteiger partial charge in [-0.1, -0.05) is 25.5 Å². The Hall–Kier alpha value is -1.96. The lowest BCUT2D eigenvalue weighted by Crippen LogP contribution is -2.43. The average molecular weight is 445 g/mol. The van der Waals surface area contributed by atoms with E-state index in [0.29, 0.717) is 6.54 Å². The highest BCUT2D eigenvalue weighted by Gasteiger charge is 2.15. The van der Waals surface area contributed by atoms with Gasteiger partial charge in [-0.2, -0.15) is 0 Å². The maximum atomic E-state index is 12.9. The minimum atomic E-state index is -0.0317. The van der Waals surface area contributed by atoms with Crippen LogP contribution in [-0.2, 0) is 11.3 Å². The van der Waals surface area contributed by atoms with E-state index in [1.54, 1.807) is 0 Å². The molecule has 1 aromatic heterocycles. The van der Waals surface area contributed by atoms with Crippen LogP contribution in [-0.4, -0.2) is 65.8 Å². The van der Waals surface area contributed by atoms with E-state index in [1.165, 1.54) is 5.56 Å². The summed E-state index contributed by atoms with van der Waals surface area (Å²) < 4.78 is 5.44. The summed E-state index contributed by atoms with van der Waals surface area (Å²) in [6, 6.07) is 6.21. The lowest BCUT2D eigenvalue weighted by Gasteiger charge is -2.29. The first-order chi connectivity index (χ1) is 15.0. The number of ether oxygens (including phenoxy) is 1. The van der Waals surface area contributed by atoms with E-state index in [2.05, 4.69) is 53.0 Å². The third kappa shape index (κ3) is 6.51. The maximum Gasteiger partial charge on any atom is 0.253 e. The van der Waals surface area contributed by atoms with Gasteiger partial charge in [0.2, 0.25) is 0 Å². The number of hydrogen-bond donors (Lipinski definition) is 2. The predicted octanol–water partition coefficient (Wildman–Crippen LogP) is 3.34. The van der Waals surface area contributed by atoms with Crippen LogP contribution < -0.4 is 10.9 Å². The Kier molecular flexibility index (Phi) is 8.87. The molecule has 0 atom stereocenters. The van der Waals surface area contributed by atoms with E-state index in [9.17, 15) is 4.79 Å². The van der Waals surface area contributed by atoms with Crippen molar-refractivity contribution in [3.8, 4) is 0 Å². The monoisotopic (exact) mass is 444 g/mol. The number of thiocarbonyl (C=S) groups is 1. The third-order valence-corrected chi connectivity index (χ3v) is 6.49. The van der Waals surface area contributed by atoms with Gasteiger partial charge < -0.3 is 19.9 Å². The fourth-order valence-electron chi connectivity index (χ4n) is 3.94. The third-order valence-electron chi connectivity index (χ3n) is 6.09. The smallest absolute Gasteiger partial charge is 0.253 e. The van der Waals surface area contributed by atoms with Gasteiger partial charge in [-0.05, 0) is 61.5 Å². The number of aromatic amines is 1. The zero-order valence-electron chi connectivity index (χ0n) is 19.1. The van der Waals surface area contributed by atoms with Crippen LogP contribution in [0.2, 0.25) is 0 Å². The van der Waals surface area contributed by atoms with Gasteiger partial charge in [0.1, 0.15) is 0 Å². The van der Waals surface area contributed by atoms with Crippen molar-refractivity contribution in [2.24, 2.45) is 0 Å². The Morgan fingerprint density at radius 1 is 1.26 bits per heavy atom. The minimum Gasteiger partial charge on any atom is -0.379 e. The number of H-pyrrole nitrogens is 1. The maximum absolute atomic E-state index is 12.9. The molecular formula is C24H36N4O2S. The number of nitrogens with one attached hydrogen (secondary N) is 2. The molecule has 170 valence electrons. The van der Waals surface area contributed by atoms with Crippen molar-refractivity contribution in [1.82, 2.24) is 20.1 Å². The summed E-state index contributed by atoms with van der Waals surface area (Å²) in [6.45, 7) is 13.1. The van der Waals surface area contributed by atoms with Crippen LogP contribution in [0.15, 0.2) is 23.0 Å². The van der Waals surface area contributed by atoms with Gasteiger partial charge in [0.05, 0.1) is 25.3 Å². The summed E-state index contributed by atoms with van der Waals surface area (Å²) >= 11 is 5.70. The first-order valence-corrected chi connectivity index (χ1v) is 11.9. The number of aromatic nitrogens is 1. The van der Waals surface area contributed by atoms with Gasteiger partial charge in [0.25, 0.3) is 5.56 Å². The summed E-state index contributed by atoms with van der Waals surface area (Å²) in [4.78, 5) is 20.5. The number of hydrogen-bond acceptors (Lipinski definition) is 4. The summed E-state index contributed by atoms with van der Waals surface area (Å²) in [7, 11) is 0. The van der Waals surface area contributed by atoms with Gasteiger partial charge in [0.15, 0.2) is 5.11 Å². The van der Waals surface area contributed by atoms with E-state index in [1.807, 2.05) is 6.07 Å². The number of nitrogens with zero attached hydrogens (tertiary/aromatic N) is 2. The molecule has 6 nitrogen and oxygen atoms in total. The Balaban J connectivity index is 1.73. The molecule has 2 N–H and O–H groups in total. The van der Waals surface area contributed by atoms with Crippen molar-refractivity contribution >= 4 is 28.2 Å². The molecule has 0 spiro atoms. The highest BCUT2D eigenvalue weighted by atomic mass is 32.1. The Morgan fingerprint density at radius 3 is 2.77 bits per heavy atom. The average Bonchev–Trinajstić information content (AvgIpc) is 2.77. The fourth-order valence-corrected chi connectivity index (χ4v) is 4.20. The molecule has 1 aliphatic rings. The van der Waals surface area contributed by atoms with Crippen LogP contribution in [0, 0.1) is 13.8 Å². The first-order valence-electron chi connectivity index (χ1n) is 11.4. The van der Waals surface area contributed by atoms with Gasteiger partial charge in [-0.25, -0.2) is 0 Å². The number of aryl methyl sites for hydroxylation is 2. The highest BCUT2D eigenvalue weighted by Crippen LogP contribution is 2.19. The summed E-state index contributed by atoms with van der Waals surface area (Å²) in [5, 5.41) is 5.17. The molecule has 31 heavy (non-hydrogen) atoms. The molecule has 3 rings (SSSR count). The quantitative estimate of drug-likeness (QED) is 0.457. The molecular weight excluding hydrogens is 408 g/mol. The first kappa shape index (κ1) is 23.7. The van der Waals surface area contributed by atoms with Gasteiger partial charge >= 0.3 is 0 Å². The molecule has 2 heterocycles. The predicted molar refractivity (Wildman–Crippen MR) is 132 cm³/mol. The van der Waals surface area contributed by atoms with Crippen molar-refractivity contribution in [2.45, 2.75) is 46.6 Å². The molecule has 1 aliphatic heterocycles. The van der Waals surface area contributed by atoms with Crippen molar-refractivity contribution in [1.29, 1.82) is 0 Å². The van der Waals surface area contributed by atoms with Crippen molar-refractivity contribution < 1.29 is 4.74 Å². The van der Waals surface area contributed by atoms with E-state index in [-0.39, 0.29) is 5.56 Å². The molecule has 0 saturated carbocycles. The van der Waals surface area contributed by atoms with Crippen molar-refractivity contribution in [2.75, 3.05) is 45.9 Å². The number of rotatable bonds is 9. The van der Waals surface area contributed by atoms with Gasteiger partial charge in [0, 0.05) is 38.3 Å². The number of morpholine rings is 1. The van der Waals surface area contributed by atoms with E-state index >= 15 is 0 Å². The van der Waals surface area contributed by atoms with Crippen LogP contribution in [0.1, 0.15) is 42.9 Å². The summed E-state index contributed by atoms with van der Waals surface area (Å²) in [5.74, 6) is 0. The Bertz CT molecular complexity index is 937. The molecule has 2 aromatic rings. The second kappa shape index (κ2) is 11.6. The largest absolute Gasteiger partial charge is 0.379 e. The van der Waals surface area contributed by atoms with Crippen LogP contribution >= 0.6 is 12.2 Å². The van der Waals surface area contributed by atoms with Gasteiger partial charge in [-0.15, -0.1) is 0 Å². The Labute approximate surface area is 191 Å². The lowest BCUT2D eigenvalue weighted by atomic mass is 10.0.